The first-order valence-corrected chi connectivity index (χ1v) is 10.3. The van der Waals surface area contributed by atoms with Gasteiger partial charge in [0, 0.05) is 36.5 Å². The van der Waals surface area contributed by atoms with E-state index in [9.17, 15) is 13.2 Å². The molecule has 0 atom stereocenters. The first-order valence-electron chi connectivity index (χ1n) is 7.60. The van der Waals surface area contributed by atoms with Gasteiger partial charge in [0.2, 0.25) is 15.9 Å². The van der Waals surface area contributed by atoms with Crippen LogP contribution in [0.15, 0.2) is 34.1 Å². The number of thioether (sulfide) groups is 1. The van der Waals surface area contributed by atoms with Gasteiger partial charge in [-0.2, -0.15) is 4.31 Å². The van der Waals surface area contributed by atoms with Crippen LogP contribution >= 0.6 is 11.8 Å². The standard InChI is InChI=1S/C16H24N2O3S2/c1-16(2,3)15(19)17-9-11-18(12-10-17)23(20,21)14-7-5-13(22-4)6-8-14/h5-8H,9-12H2,1-4H3. The van der Waals surface area contributed by atoms with Gasteiger partial charge in [0.25, 0.3) is 0 Å². The van der Waals surface area contributed by atoms with Crippen molar-refractivity contribution < 1.29 is 13.2 Å². The average Bonchev–Trinajstić information content (AvgIpc) is 2.53. The summed E-state index contributed by atoms with van der Waals surface area (Å²) in [6.45, 7) is 7.21. The molecule has 0 bridgehead atoms. The van der Waals surface area contributed by atoms with Crippen molar-refractivity contribution in [3.8, 4) is 0 Å². The van der Waals surface area contributed by atoms with Gasteiger partial charge in [-0.05, 0) is 30.5 Å². The Morgan fingerprint density at radius 1 is 1.04 bits per heavy atom. The lowest BCUT2D eigenvalue weighted by molar-refractivity contribution is -0.140. The van der Waals surface area contributed by atoms with E-state index >= 15 is 0 Å². The zero-order valence-corrected chi connectivity index (χ0v) is 15.7. The third kappa shape index (κ3) is 4.08. The highest BCUT2D eigenvalue weighted by Gasteiger charge is 2.33. The summed E-state index contributed by atoms with van der Waals surface area (Å²) in [7, 11) is -3.49. The van der Waals surface area contributed by atoms with Crippen molar-refractivity contribution >= 4 is 27.7 Å². The lowest BCUT2D eigenvalue weighted by atomic mass is 9.94. The van der Waals surface area contributed by atoms with Gasteiger partial charge >= 0.3 is 0 Å². The molecule has 1 aliphatic rings. The molecule has 1 saturated heterocycles. The van der Waals surface area contributed by atoms with E-state index in [1.807, 2.05) is 39.2 Å². The van der Waals surface area contributed by atoms with Crippen LogP contribution in [-0.4, -0.2) is 56.0 Å². The molecule has 1 heterocycles. The molecule has 1 aliphatic heterocycles. The van der Waals surface area contributed by atoms with Crippen LogP contribution in [-0.2, 0) is 14.8 Å². The van der Waals surface area contributed by atoms with E-state index in [1.54, 1.807) is 28.8 Å². The second-order valence-corrected chi connectivity index (χ2v) is 9.44. The van der Waals surface area contributed by atoms with Crippen molar-refractivity contribution in [3.63, 3.8) is 0 Å². The number of hydrogen-bond donors (Lipinski definition) is 0. The first-order chi connectivity index (χ1) is 10.7. The minimum absolute atomic E-state index is 0.0684. The van der Waals surface area contributed by atoms with Crippen molar-refractivity contribution in [2.24, 2.45) is 5.41 Å². The van der Waals surface area contributed by atoms with Crippen LogP contribution in [0.25, 0.3) is 0 Å². The van der Waals surface area contributed by atoms with Crippen molar-refractivity contribution in [2.45, 2.75) is 30.6 Å². The molecule has 7 heteroatoms. The first kappa shape index (κ1) is 18.3. The summed E-state index contributed by atoms with van der Waals surface area (Å²) in [5, 5.41) is 0. The predicted molar refractivity (Wildman–Crippen MR) is 93.0 cm³/mol. The Balaban J connectivity index is 2.07. The Kier molecular flexibility index (Phi) is 5.43. The molecule has 128 valence electrons. The highest BCUT2D eigenvalue weighted by molar-refractivity contribution is 7.98. The lowest BCUT2D eigenvalue weighted by Crippen LogP contribution is -2.52. The average molecular weight is 357 g/mol. The predicted octanol–water partition coefficient (Wildman–Crippen LogP) is 2.29. The van der Waals surface area contributed by atoms with Gasteiger partial charge in [-0.15, -0.1) is 11.8 Å². The van der Waals surface area contributed by atoms with Gasteiger partial charge in [0.15, 0.2) is 0 Å². The summed E-state index contributed by atoms with van der Waals surface area (Å²) in [6.07, 6.45) is 1.95. The summed E-state index contributed by atoms with van der Waals surface area (Å²) >= 11 is 1.58. The fraction of sp³-hybridized carbons (Fsp3) is 0.562. The largest absolute Gasteiger partial charge is 0.340 e. The molecule has 2 rings (SSSR count). The Morgan fingerprint density at radius 3 is 2.00 bits per heavy atom. The van der Waals surface area contributed by atoms with Gasteiger partial charge in [-0.1, -0.05) is 20.8 Å². The third-order valence-electron chi connectivity index (χ3n) is 3.86. The van der Waals surface area contributed by atoms with E-state index in [-0.39, 0.29) is 5.91 Å². The van der Waals surface area contributed by atoms with Crippen molar-refractivity contribution in [3.05, 3.63) is 24.3 Å². The molecule has 1 aromatic rings. The van der Waals surface area contributed by atoms with Crippen LogP contribution in [0.1, 0.15) is 20.8 Å². The fourth-order valence-corrected chi connectivity index (χ4v) is 4.33. The van der Waals surface area contributed by atoms with Gasteiger partial charge < -0.3 is 4.90 Å². The molecule has 0 aromatic heterocycles. The monoisotopic (exact) mass is 356 g/mol. The molecule has 0 saturated carbocycles. The summed E-state index contributed by atoms with van der Waals surface area (Å²) in [5.74, 6) is 0.0684. The topological polar surface area (TPSA) is 57.7 Å². The smallest absolute Gasteiger partial charge is 0.243 e. The third-order valence-corrected chi connectivity index (χ3v) is 6.52. The van der Waals surface area contributed by atoms with Crippen LogP contribution < -0.4 is 0 Å². The summed E-state index contributed by atoms with van der Waals surface area (Å²) in [6, 6.07) is 6.93. The van der Waals surface area contributed by atoms with Gasteiger partial charge in [0.1, 0.15) is 0 Å². The minimum atomic E-state index is -3.49. The molecule has 0 spiro atoms. The van der Waals surface area contributed by atoms with Crippen LogP contribution in [0.5, 0.6) is 0 Å². The van der Waals surface area contributed by atoms with Gasteiger partial charge in [0.05, 0.1) is 4.90 Å². The number of nitrogens with zero attached hydrogens (tertiary/aromatic N) is 2. The molecule has 1 fully saturated rings. The zero-order chi connectivity index (χ0) is 17.3. The number of carbonyl (C=O) groups is 1. The minimum Gasteiger partial charge on any atom is -0.340 e. The van der Waals surface area contributed by atoms with Crippen LogP contribution in [0.3, 0.4) is 0 Å². The maximum atomic E-state index is 12.7. The summed E-state index contributed by atoms with van der Waals surface area (Å²) in [5.41, 5.74) is -0.436. The molecule has 0 N–H and O–H groups in total. The summed E-state index contributed by atoms with van der Waals surface area (Å²) < 4.78 is 26.8. The lowest BCUT2D eigenvalue weighted by Gasteiger charge is -2.37. The molecule has 23 heavy (non-hydrogen) atoms. The van der Waals surface area contributed by atoms with E-state index in [2.05, 4.69) is 0 Å². The Labute approximate surface area is 143 Å². The van der Waals surface area contributed by atoms with Crippen LogP contribution in [0, 0.1) is 5.41 Å². The molecular weight excluding hydrogens is 332 g/mol. The fourth-order valence-electron chi connectivity index (χ4n) is 2.50. The van der Waals surface area contributed by atoms with Gasteiger partial charge in [-0.3, -0.25) is 4.79 Å². The molecule has 5 nitrogen and oxygen atoms in total. The number of piperazine rings is 1. The van der Waals surface area contributed by atoms with E-state index in [0.29, 0.717) is 31.1 Å². The Morgan fingerprint density at radius 2 is 1.57 bits per heavy atom. The normalized spacial score (nSPS) is 17.3. The molecule has 0 unspecified atom stereocenters. The highest BCUT2D eigenvalue weighted by Crippen LogP contribution is 2.23. The number of benzene rings is 1. The van der Waals surface area contributed by atoms with E-state index in [0.717, 1.165) is 4.90 Å². The second-order valence-electron chi connectivity index (χ2n) is 6.62. The Bertz CT molecular complexity index is 656. The van der Waals surface area contributed by atoms with E-state index < -0.39 is 15.4 Å². The van der Waals surface area contributed by atoms with Crippen LogP contribution in [0.4, 0.5) is 0 Å². The van der Waals surface area contributed by atoms with Crippen LogP contribution in [0.2, 0.25) is 0 Å². The molecule has 1 amide bonds. The molecule has 0 aliphatic carbocycles. The van der Waals surface area contributed by atoms with Crippen molar-refractivity contribution in [1.82, 2.24) is 9.21 Å². The quantitative estimate of drug-likeness (QED) is 0.780. The number of rotatable bonds is 3. The van der Waals surface area contributed by atoms with Crippen molar-refractivity contribution in [1.29, 1.82) is 0 Å². The number of amides is 1. The summed E-state index contributed by atoms with van der Waals surface area (Å²) in [4.78, 5) is 15.4. The molecule has 1 aromatic carbocycles. The SMILES string of the molecule is CSc1ccc(S(=O)(=O)N2CCN(C(=O)C(C)(C)C)CC2)cc1. The highest BCUT2D eigenvalue weighted by atomic mass is 32.2. The second kappa shape index (κ2) is 6.83. The molecule has 0 radical (unpaired) electrons. The maximum absolute atomic E-state index is 12.7. The number of hydrogen-bond acceptors (Lipinski definition) is 4. The zero-order valence-electron chi connectivity index (χ0n) is 14.1. The van der Waals surface area contributed by atoms with Gasteiger partial charge in [-0.25, -0.2) is 8.42 Å². The van der Waals surface area contributed by atoms with Crippen molar-refractivity contribution in [2.75, 3.05) is 32.4 Å². The molecular formula is C16H24N2O3S2. The number of sulfonamides is 1. The maximum Gasteiger partial charge on any atom is 0.243 e. The Hall–Kier alpha value is -1.05. The van der Waals surface area contributed by atoms with E-state index in [1.165, 1.54) is 4.31 Å². The number of carbonyl (C=O) groups excluding carboxylic acids is 1. The van der Waals surface area contributed by atoms with E-state index in [4.69, 9.17) is 0 Å².